The van der Waals surface area contributed by atoms with Crippen molar-refractivity contribution in [1.29, 1.82) is 0 Å². The van der Waals surface area contributed by atoms with Crippen LogP contribution in [0.5, 0.6) is 0 Å². The highest BCUT2D eigenvalue weighted by Gasteiger charge is 2.34. The van der Waals surface area contributed by atoms with Gasteiger partial charge in [0, 0.05) is 35.4 Å². The quantitative estimate of drug-likeness (QED) is 0.263. The summed E-state index contributed by atoms with van der Waals surface area (Å²) in [7, 11) is 0. The Labute approximate surface area is 222 Å². The van der Waals surface area contributed by atoms with Gasteiger partial charge in [-0.05, 0) is 26.0 Å². The SMILES string of the molecule is CCNC(=O)Nc1cc(-c2nc(C(F)(F)F)cs2)c(-c2cc3c(=O)c(C(=O)O)cn([C@@H](C)CO)c3cn2)cn1. The zero-order valence-corrected chi connectivity index (χ0v) is 21.2. The van der Waals surface area contributed by atoms with Gasteiger partial charge in [0.15, 0.2) is 5.69 Å². The summed E-state index contributed by atoms with van der Waals surface area (Å²) in [4.78, 5) is 49.0. The predicted molar refractivity (Wildman–Crippen MR) is 137 cm³/mol. The summed E-state index contributed by atoms with van der Waals surface area (Å²) in [5, 5.41) is 24.9. The number of aliphatic hydroxyl groups is 1. The summed E-state index contributed by atoms with van der Waals surface area (Å²) in [5.74, 6) is -1.44. The lowest BCUT2D eigenvalue weighted by Crippen LogP contribution is -2.28. The molecule has 0 aliphatic heterocycles. The van der Waals surface area contributed by atoms with Gasteiger partial charge < -0.3 is 20.1 Å². The number of pyridine rings is 3. The number of hydrogen-bond donors (Lipinski definition) is 4. The topological polar surface area (TPSA) is 159 Å². The van der Waals surface area contributed by atoms with Crippen molar-refractivity contribution in [3.8, 4) is 21.8 Å². The predicted octanol–water partition coefficient (Wildman–Crippen LogP) is 3.99. The Bertz CT molecular complexity index is 1640. The third-order valence-electron chi connectivity index (χ3n) is 5.67. The van der Waals surface area contributed by atoms with Crippen molar-refractivity contribution >= 4 is 40.1 Å². The molecule has 4 aromatic heterocycles. The second kappa shape index (κ2) is 10.8. The molecule has 1 atom stereocenters. The maximum absolute atomic E-state index is 13.3. The zero-order valence-electron chi connectivity index (χ0n) is 20.4. The lowest BCUT2D eigenvalue weighted by molar-refractivity contribution is -0.140. The number of hydrogen-bond acceptors (Lipinski definition) is 8. The van der Waals surface area contributed by atoms with Gasteiger partial charge in [-0.25, -0.2) is 19.6 Å². The van der Waals surface area contributed by atoms with Crippen molar-refractivity contribution in [2.75, 3.05) is 18.5 Å². The highest BCUT2D eigenvalue weighted by atomic mass is 32.1. The molecule has 4 heterocycles. The summed E-state index contributed by atoms with van der Waals surface area (Å²) < 4.78 is 41.3. The van der Waals surface area contributed by atoms with Crippen molar-refractivity contribution in [3.05, 3.63) is 57.6 Å². The molecule has 0 aliphatic rings. The minimum absolute atomic E-state index is 0.0246. The summed E-state index contributed by atoms with van der Waals surface area (Å²) >= 11 is 0.712. The number of nitrogens with one attached hydrogen (secondary N) is 2. The number of aromatic carboxylic acids is 1. The summed E-state index contributed by atoms with van der Waals surface area (Å²) in [6, 6.07) is 1.46. The highest BCUT2D eigenvalue weighted by Crippen LogP contribution is 2.38. The first kappa shape index (κ1) is 27.7. The van der Waals surface area contributed by atoms with E-state index in [0.717, 1.165) is 11.6 Å². The minimum Gasteiger partial charge on any atom is -0.477 e. The molecule has 0 fully saturated rings. The van der Waals surface area contributed by atoms with Gasteiger partial charge in [0.2, 0.25) is 5.43 Å². The van der Waals surface area contributed by atoms with E-state index in [0.29, 0.717) is 17.9 Å². The fraction of sp³-hybridized carbons (Fsp3) is 0.250. The fourth-order valence-corrected chi connectivity index (χ4v) is 4.61. The molecule has 204 valence electrons. The molecule has 0 saturated heterocycles. The van der Waals surface area contributed by atoms with Crippen LogP contribution < -0.4 is 16.1 Å². The molecule has 0 unspecified atom stereocenters. The van der Waals surface area contributed by atoms with Gasteiger partial charge in [-0.3, -0.25) is 15.1 Å². The molecule has 0 radical (unpaired) electrons. The Kier molecular flexibility index (Phi) is 7.65. The number of carboxylic acid groups (broad SMARTS) is 1. The molecule has 4 N–H and O–H groups in total. The molecular formula is C24H21F3N6O5S. The normalized spacial score (nSPS) is 12.4. The van der Waals surface area contributed by atoms with Crippen LogP contribution in [-0.2, 0) is 6.18 Å². The molecule has 0 saturated carbocycles. The third kappa shape index (κ3) is 5.58. The number of aliphatic hydroxyl groups excluding tert-OH is 1. The third-order valence-corrected chi connectivity index (χ3v) is 6.55. The average Bonchev–Trinajstić information content (AvgIpc) is 3.39. The molecule has 0 aromatic carbocycles. The Morgan fingerprint density at radius 2 is 1.92 bits per heavy atom. The Balaban J connectivity index is 1.94. The molecule has 2 amide bonds. The Morgan fingerprint density at radius 1 is 1.18 bits per heavy atom. The molecule has 0 bridgehead atoms. The number of rotatable bonds is 7. The van der Waals surface area contributed by atoms with Crippen LogP contribution in [0, 0.1) is 0 Å². The lowest BCUT2D eigenvalue weighted by Gasteiger charge is -2.18. The Morgan fingerprint density at radius 3 is 2.54 bits per heavy atom. The van der Waals surface area contributed by atoms with E-state index in [1.165, 1.54) is 29.1 Å². The van der Waals surface area contributed by atoms with E-state index in [-0.39, 0.29) is 45.2 Å². The molecule has 0 aliphatic carbocycles. The van der Waals surface area contributed by atoms with E-state index < -0.39 is 40.9 Å². The molecule has 15 heteroatoms. The van der Waals surface area contributed by atoms with Gasteiger partial charge in [0.05, 0.1) is 35.4 Å². The highest BCUT2D eigenvalue weighted by molar-refractivity contribution is 7.13. The molecule has 39 heavy (non-hydrogen) atoms. The molecule has 0 spiro atoms. The number of halogens is 3. The maximum atomic E-state index is 13.3. The first-order valence-corrected chi connectivity index (χ1v) is 12.3. The van der Waals surface area contributed by atoms with Crippen molar-refractivity contribution in [1.82, 2.24) is 24.8 Å². The second-order valence-electron chi connectivity index (χ2n) is 8.34. The van der Waals surface area contributed by atoms with Crippen molar-refractivity contribution < 1.29 is 33.0 Å². The van der Waals surface area contributed by atoms with E-state index in [1.807, 2.05) is 0 Å². The number of carbonyl (C=O) groups is 2. The molecule has 11 nitrogen and oxygen atoms in total. The van der Waals surface area contributed by atoms with Crippen LogP contribution in [0.2, 0.25) is 0 Å². The number of fused-ring (bicyclic) bond motifs is 1. The first-order chi connectivity index (χ1) is 18.4. The number of alkyl halides is 3. The number of carbonyl (C=O) groups excluding carboxylic acids is 1. The van der Waals surface area contributed by atoms with Crippen molar-refractivity contribution in [3.63, 3.8) is 0 Å². The molecular weight excluding hydrogens is 541 g/mol. The van der Waals surface area contributed by atoms with Gasteiger partial charge in [0.25, 0.3) is 0 Å². The van der Waals surface area contributed by atoms with Crippen LogP contribution in [-0.4, -0.2) is 54.9 Å². The summed E-state index contributed by atoms with van der Waals surface area (Å²) in [5.41, 5.74) is -1.78. The standard InChI is InChI=1S/C24H21F3N6O5S/c1-3-28-23(38)32-19-5-12(21-31-18(10-39-21)24(25,26)27)14(6-30-19)16-4-13-17(7-29-16)33(11(2)9-34)8-15(20(13)35)22(36)37/h4-8,10-11,34H,3,9H2,1-2H3,(H,36,37)(H2,28,30,32,38)/t11-/m0/s1. The number of thiazole rings is 1. The number of nitrogens with zero attached hydrogens (tertiary/aromatic N) is 4. The van der Waals surface area contributed by atoms with Crippen LogP contribution in [0.1, 0.15) is 35.9 Å². The van der Waals surface area contributed by atoms with Crippen molar-refractivity contribution in [2.24, 2.45) is 0 Å². The lowest BCUT2D eigenvalue weighted by atomic mass is 10.0. The van der Waals surface area contributed by atoms with Crippen LogP contribution in [0.4, 0.5) is 23.8 Å². The number of anilines is 1. The van der Waals surface area contributed by atoms with E-state index in [2.05, 4.69) is 25.6 Å². The minimum atomic E-state index is -4.69. The smallest absolute Gasteiger partial charge is 0.434 e. The summed E-state index contributed by atoms with van der Waals surface area (Å²) in [6.45, 7) is 3.29. The number of amides is 2. The van der Waals surface area contributed by atoms with Crippen LogP contribution in [0.15, 0.2) is 40.9 Å². The second-order valence-corrected chi connectivity index (χ2v) is 9.20. The molecule has 4 aromatic rings. The van der Waals surface area contributed by atoms with Gasteiger partial charge in [0.1, 0.15) is 16.4 Å². The van der Waals surface area contributed by atoms with E-state index >= 15 is 0 Å². The van der Waals surface area contributed by atoms with E-state index in [9.17, 15) is 37.8 Å². The van der Waals surface area contributed by atoms with Gasteiger partial charge in [-0.15, -0.1) is 11.3 Å². The number of carboxylic acids is 1. The first-order valence-electron chi connectivity index (χ1n) is 11.4. The number of aromatic nitrogens is 4. The van der Waals surface area contributed by atoms with Gasteiger partial charge >= 0.3 is 18.2 Å². The van der Waals surface area contributed by atoms with Gasteiger partial charge in [-0.1, -0.05) is 0 Å². The van der Waals surface area contributed by atoms with Crippen LogP contribution >= 0.6 is 11.3 Å². The van der Waals surface area contributed by atoms with E-state index in [4.69, 9.17) is 0 Å². The van der Waals surface area contributed by atoms with Crippen molar-refractivity contribution in [2.45, 2.75) is 26.1 Å². The monoisotopic (exact) mass is 562 g/mol. The Hall–Kier alpha value is -4.37. The largest absolute Gasteiger partial charge is 0.477 e. The maximum Gasteiger partial charge on any atom is 0.434 e. The summed E-state index contributed by atoms with van der Waals surface area (Å²) in [6.07, 6.45) is -1.00. The fourth-order valence-electron chi connectivity index (χ4n) is 3.75. The van der Waals surface area contributed by atoms with Gasteiger partial charge in [-0.2, -0.15) is 13.2 Å². The van der Waals surface area contributed by atoms with Crippen LogP contribution in [0.25, 0.3) is 32.7 Å². The zero-order chi connectivity index (χ0) is 28.5. The van der Waals surface area contributed by atoms with E-state index in [1.54, 1.807) is 13.8 Å². The number of urea groups is 1. The average molecular weight is 563 g/mol. The van der Waals surface area contributed by atoms with Crippen LogP contribution in [0.3, 0.4) is 0 Å². The molecule has 4 rings (SSSR count).